The van der Waals surface area contributed by atoms with Gasteiger partial charge < -0.3 is 11.1 Å². The van der Waals surface area contributed by atoms with E-state index in [0.29, 0.717) is 6.54 Å². The number of hydrogen-bond donors (Lipinski definition) is 2. The van der Waals surface area contributed by atoms with Crippen LogP contribution in [0.25, 0.3) is 0 Å². The van der Waals surface area contributed by atoms with Crippen molar-refractivity contribution >= 4 is 23.1 Å². The van der Waals surface area contributed by atoms with Crippen LogP contribution < -0.4 is 11.1 Å². The third-order valence-corrected chi connectivity index (χ3v) is 3.24. The Kier molecular flexibility index (Phi) is 4.63. The average molecular weight is 250 g/mol. The molecule has 1 amide bonds. The first kappa shape index (κ1) is 13.6. The molecule has 0 unspecified atom stereocenters. The molecule has 1 aromatic rings. The Morgan fingerprint density at radius 1 is 1.35 bits per heavy atom. The van der Waals surface area contributed by atoms with Gasteiger partial charge in [0.1, 0.15) is 0 Å². The van der Waals surface area contributed by atoms with Crippen molar-refractivity contribution in [2.24, 2.45) is 11.1 Å². The molecule has 92 valence electrons. The minimum atomic E-state index is -0.786. The number of carbonyl (C=O) groups is 1. The number of hydrogen-bond acceptors (Lipinski definition) is 2. The highest BCUT2D eigenvalue weighted by atomic mass is 32.1. The fourth-order valence-electron chi connectivity index (χ4n) is 1.30. The molecule has 0 fully saturated rings. The maximum absolute atomic E-state index is 11.8. The van der Waals surface area contributed by atoms with Crippen molar-refractivity contribution in [3.8, 4) is 0 Å². The molecule has 0 heterocycles. The van der Waals surface area contributed by atoms with Gasteiger partial charge in [-0.2, -0.15) is 0 Å². The van der Waals surface area contributed by atoms with Crippen molar-refractivity contribution < 1.29 is 4.79 Å². The minimum absolute atomic E-state index is 0.124. The standard InChI is InChI=1S/C13H18N2OS/c1-13(2,11(14)17)12(16)15-9-8-10-6-4-3-5-7-10/h3-7H,8-9H2,1-2H3,(H2,14,17)(H,15,16). The van der Waals surface area contributed by atoms with E-state index in [4.69, 9.17) is 18.0 Å². The van der Waals surface area contributed by atoms with Crippen molar-refractivity contribution in [3.63, 3.8) is 0 Å². The molecule has 1 rings (SSSR count). The van der Waals surface area contributed by atoms with Gasteiger partial charge in [-0.05, 0) is 25.8 Å². The predicted octanol–water partition coefficient (Wildman–Crippen LogP) is 1.66. The van der Waals surface area contributed by atoms with E-state index in [9.17, 15) is 4.79 Å². The summed E-state index contributed by atoms with van der Waals surface area (Å²) in [5.41, 5.74) is 5.93. The summed E-state index contributed by atoms with van der Waals surface area (Å²) >= 11 is 4.87. The molecular weight excluding hydrogens is 232 g/mol. The van der Waals surface area contributed by atoms with Crippen LogP contribution in [0, 0.1) is 5.41 Å². The van der Waals surface area contributed by atoms with Gasteiger partial charge in [-0.15, -0.1) is 0 Å². The molecule has 0 atom stereocenters. The van der Waals surface area contributed by atoms with Crippen LogP contribution in [0.3, 0.4) is 0 Å². The quantitative estimate of drug-likeness (QED) is 0.781. The predicted molar refractivity (Wildman–Crippen MR) is 73.7 cm³/mol. The Labute approximate surface area is 107 Å². The van der Waals surface area contributed by atoms with Crippen LogP contribution >= 0.6 is 12.2 Å². The Balaban J connectivity index is 2.42. The third-order valence-electron chi connectivity index (χ3n) is 2.73. The van der Waals surface area contributed by atoms with E-state index in [1.165, 1.54) is 5.56 Å². The maximum Gasteiger partial charge on any atom is 0.232 e. The summed E-state index contributed by atoms with van der Waals surface area (Å²) in [4.78, 5) is 12.0. The summed E-state index contributed by atoms with van der Waals surface area (Å²) in [6.07, 6.45) is 0.806. The average Bonchev–Trinajstić information content (AvgIpc) is 2.30. The van der Waals surface area contributed by atoms with Gasteiger partial charge in [0, 0.05) is 6.54 Å². The lowest BCUT2D eigenvalue weighted by Gasteiger charge is -2.21. The second-order valence-corrected chi connectivity index (χ2v) is 4.92. The number of benzene rings is 1. The van der Waals surface area contributed by atoms with Gasteiger partial charge >= 0.3 is 0 Å². The molecule has 0 aliphatic heterocycles. The Bertz CT molecular complexity index is 401. The van der Waals surface area contributed by atoms with Crippen molar-refractivity contribution in [1.29, 1.82) is 0 Å². The van der Waals surface area contributed by atoms with E-state index in [2.05, 4.69) is 5.32 Å². The molecule has 0 aromatic heterocycles. The first-order valence-corrected chi connectivity index (χ1v) is 5.97. The van der Waals surface area contributed by atoms with Crippen molar-refractivity contribution in [1.82, 2.24) is 5.32 Å². The van der Waals surface area contributed by atoms with Gasteiger partial charge in [0.25, 0.3) is 0 Å². The van der Waals surface area contributed by atoms with E-state index >= 15 is 0 Å². The fraction of sp³-hybridized carbons (Fsp3) is 0.385. The summed E-state index contributed by atoms with van der Waals surface area (Å²) in [5, 5.41) is 2.85. The Hall–Kier alpha value is -1.42. The summed E-state index contributed by atoms with van der Waals surface area (Å²) in [6, 6.07) is 10.00. The molecule has 0 aliphatic carbocycles. The molecule has 0 radical (unpaired) electrons. The lowest BCUT2D eigenvalue weighted by molar-refractivity contribution is -0.126. The first-order chi connectivity index (χ1) is 7.94. The summed E-state index contributed by atoms with van der Waals surface area (Å²) in [5.74, 6) is -0.124. The summed E-state index contributed by atoms with van der Waals surface area (Å²) < 4.78 is 0. The lowest BCUT2D eigenvalue weighted by atomic mass is 9.92. The molecule has 0 bridgehead atoms. The fourth-order valence-corrected chi connectivity index (χ4v) is 1.39. The normalized spacial score (nSPS) is 10.9. The molecule has 4 heteroatoms. The molecule has 3 nitrogen and oxygen atoms in total. The maximum atomic E-state index is 11.8. The minimum Gasteiger partial charge on any atom is -0.392 e. The Morgan fingerprint density at radius 2 is 1.94 bits per heavy atom. The molecule has 0 saturated heterocycles. The van der Waals surface area contributed by atoms with Crippen LogP contribution in [-0.4, -0.2) is 17.4 Å². The summed E-state index contributed by atoms with van der Waals surface area (Å²) in [6.45, 7) is 4.05. The zero-order valence-corrected chi connectivity index (χ0v) is 11.0. The van der Waals surface area contributed by atoms with E-state index in [0.717, 1.165) is 6.42 Å². The van der Waals surface area contributed by atoms with E-state index in [1.54, 1.807) is 13.8 Å². The van der Waals surface area contributed by atoms with E-state index < -0.39 is 5.41 Å². The monoisotopic (exact) mass is 250 g/mol. The van der Waals surface area contributed by atoms with Gasteiger partial charge in [0.15, 0.2) is 0 Å². The number of amides is 1. The van der Waals surface area contributed by atoms with Crippen molar-refractivity contribution in [2.45, 2.75) is 20.3 Å². The summed E-state index contributed by atoms with van der Waals surface area (Å²) in [7, 11) is 0. The van der Waals surface area contributed by atoms with Crippen LogP contribution in [-0.2, 0) is 11.2 Å². The number of nitrogens with one attached hydrogen (secondary N) is 1. The first-order valence-electron chi connectivity index (χ1n) is 5.56. The second kappa shape index (κ2) is 5.77. The molecule has 3 N–H and O–H groups in total. The van der Waals surface area contributed by atoms with Gasteiger partial charge in [-0.1, -0.05) is 42.5 Å². The topological polar surface area (TPSA) is 55.1 Å². The largest absolute Gasteiger partial charge is 0.392 e. The van der Waals surface area contributed by atoms with Gasteiger partial charge in [-0.3, -0.25) is 4.79 Å². The number of rotatable bonds is 5. The van der Waals surface area contributed by atoms with Gasteiger partial charge in [-0.25, -0.2) is 0 Å². The van der Waals surface area contributed by atoms with Gasteiger partial charge in [0.05, 0.1) is 10.4 Å². The Morgan fingerprint density at radius 3 is 2.47 bits per heavy atom. The highest BCUT2D eigenvalue weighted by Gasteiger charge is 2.30. The number of thiocarbonyl (C=S) groups is 1. The van der Waals surface area contributed by atoms with E-state index in [1.807, 2.05) is 30.3 Å². The molecule has 0 saturated carbocycles. The second-order valence-electron chi connectivity index (χ2n) is 4.48. The van der Waals surface area contributed by atoms with E-state index in [-0.39, 0.29) is 10.9 Å². The van der Waals surface area contributed by atoms with Crippen LogP contribution in [0.4, 0.5) is 0 Å². The zero-order chi connectivity index (χ0) is 12.9. The number of nitrogens with two attached hydrogens (primary N) is 1. The van der Waals surface area contributed by atoms with Crippen LogP contribution in [0.15, 0.2) is 30.3 Å². The SMILES string of the molecule is CC(C)(C(=O)NCCc1ccccc1)C(N)=S. The number of carbonyl (C=O) groups excluding carboxylic acids is 1. The van der Waals surface area contributed by atoms with Gasteiger partial charge in [0.2, 0.25) is 5.91 Å². The highest BCUT2D eigenvalue weighted by Crippen LogP contribution is 2.15. The molecule has 0 spiro atoms. The highest BCUT2D eigenvalue weighted by molar-refractivity contribution is 7.80. The molecular formula is C13H18N2OS. The van der Waals surface area contributed by atoms with Crippen molar-refractivity contribution in [2.75, 3.05) is 6.54 Å². The van der Waals surface area contributed by atoms with Crippen LogP contribution in [0.5, 0.6) is 0 Å². The molecule has 17 heavy (non-hydrogen) atoms. The van der Waals surface area contributed by atoms with Crippen molar-refractivity contribution in [3.05, 3.63) is 35.9 Å². The smallest absolute Gasteiger partial charge is 0.232 e. The zero-order valence-electron chi connectivity index (χ0n) is 10.2. The molecule has 0 aliphatic rings. The lowest BCUT2D eigenvalue weighted by Crippen LogP contribution is -2.45. The van der Waals surface area contributed by atoms with Crippen LogP contribution in [0.2, 0.25) is 0 Å². The molecule has 1 aromatic carbocycles. The van der Waals surface area contributed by atoms with Crippen LogP contribution in [0.1, 0.15) is 19.4 Å². The third kappa shape index (κ3) is 3.82.